The van der Waals surface area contributed by atoms with Crippen molar-refractivity contribution in [2.75, 3.05) is 17.1 Å². The minimum absolute atomic E-state index is 0.0744. The van der Waals surface area contributed by atoms with Crippen LogP contribution in [0.2, 0.25) is 0 Å². The van der Waals surface area contributed by atoms with Gasteiger partial charge in [-0.1, -0.05) is 43.3 Å². The monoisotopic (exact) mass is 490 g/mol. The lowest BCUT2D eigenvalue weighted by atomic mass is 10.1. The van der Waals surface area contributed by atoms with Crippen LogP contribution in [0, 0.1) is 0 Å². The lowest BCUT2D eigenvalue weighted by molar-refractivity contribution is -0.122. The number of hydrogen-bond acceptors (Lipinski definition) is 5. The van der Waals surface area contributed by atoms with Gasteiger partial charge in [0, 0.05) is 16.8 Å². The fourth-order valence-corrected chi connectivity index (χ4v) is 4.65. The number of hydrogen-bond donors (Lipinski definition) is 2. The average molecular weight is 491 g/mol. The lowest BCUT2D eigenvalue weighted by Gasteiger charge is -2.18. The van der Waals surface area contributed by atoms with Gasteiger partial charge < -0.3 is 14.8 Å². The zero-order valence-electron chi connectivity index (χ0n) is 19.4. The number of fused-ring (bicyclic) bond motifs is 1. The zero-order valence-corrected chi connectivity index (χ0v) is 20.2. The Bertz CT molecular complexity index is 1410. The molecule has 0 bridgehead atoms. The highest BCUT2D eigenvalue weighted by atomic mass is 32.2. The van der Waals surface area contributed by atoms with Crippen molar-refractivity contribution in [1.82, 2.24) is 0 Å². The van der Waals surface area contributed by atoms with Crippen LogP contribution in [0.15, 0.2) is 95.9 Å². The van der Waals surface area contributed by atoms with Gasteiger partial charge in [-0.3, -0.25) is 9.52 Å². The number of methoxy groups -OCH3 is 1. The third kappa shape index (κ3) is 5.73. The Balaban J connectivity index is 1.43. The number of carbonyl (C=O) groups is 1. The van der Waals surface area contributed by atoms with Gasteiger partial charge in [0.15, 0.2) is 6.10 Å². The zero-order chi connectivity index (χ0) is 24.8. The molecule has 0 fully saturated rings. The van der Waals surface area contributed by atoms with Crippen LogP contribution < -0.4 is 19.5 Å². The van der Waals surface area contributed by atoms with Crippen LogP contribution in [0.4, 0.5) is 11.4 Å². The summed E-state index contributed by atoms with van der Waals surface area (Å²) in [5.74, 6) is 0.950. The molecule has 0 aliphatic heterocycles. The summed E-state index contributed by atoms with van der Waals surface area (Å²) < 4.78 is 39.1. The number of rotatable bonds is 9. The van der Waals surface area contributed by atoms with E-state index in [9.17, 15) is 13.2 Å². The van der Waals surface area contributed by atoms with Gasteiger partial charge in [-0.05, 0) is 66.4 Å². The van der Waals surface area contributed by atoms with Gasteiger partial charge in [0.25, 0.3) is 15.9 Å². The number of nitrogens with one attached hydrogen (secondary N) is 2. The Labute approximate surface area is 204 Å². The van der Waals surface area contributed by atoms with E-state index in [1.54, 1.807) is 36.4 Å². The second-order valence-electron chi connectivity index (χ2n) is 7.84. The number of anilines is 2. The first-order valence-electron chi connectivity index (χ1n) is 11.1. The van der Waals surface area contributed by atoms with E-state index in [2.05, 4.69) is 10.0 Å². The Morgan fingerprint density at radius 3 is 2.20 bits per heavy atom. The van der Waals surface area contributed by atoms with Crippen LogP contribution in [0.25, 0.3) is 10.8 Å². The number of carbonyl (C=O) groups excluding carboxylic acids is 1. The summed E-state index contributed by atoms with van der Waals surface area (Å²) in [6.07, 6.45) is -0.242. The molecule has 4 rings (SSSR count). The number of ether oxygens (including phenoxy) is 2. The van der Waals surface area contributed by atoms with E-state index in [1.807, 2.05) is 49.4 Å². The molecule has 1 amide bonds. The van der Waals surface area contributed by atoms with Crippen LogP contribution in [0.5, 0.6) is 11.5 Å². The van der Waals surface area contributed by atoms with Crippen LogP contribution in [-0.4, -0.2) is 27.5 Å². The molecule has 0 spiro atoms. The SMILES string of the molecule is CC[C@H](Oc1cccc2ccccc12)C(=O)Nc1ccc(S(=O)(=O)Nc2ccc(OC)cc2)cc1. The Kier molecular flexibility index (Phi) is 7.22. The van der Waals surface area contributed by atoms with E-state index < -0.39 is 16.1 Å². The van der Waals surface area contributed by atoms with E-state index in [0.717, 1.165) is 10.8 Å². The second kappa shape index (κ2) is 10.5. The van der Waals surface area contributed by atoms with Crippen molar-refractivity contribution < 1.29 is 22.7 Å². The molecule has 0 aromatic heterocycles. The van der Waals surface area contributed by atoms with Crippen LogP contribution in [0.1, 0.15) is 13.3 Å². The molecule has 180 valence electrons. The molecule has 7 nitrogen and oxygen atoms in total. The summed E-state index contributed by atoms with van der Waals surface area (Å²) in [4.78, 5) is 13.0. The number of amides is 1. The molecule has 0 aliphatic carbocycles. The first-order chi connectivity index (χ1) is 16.9. The molecule has 0 unspecified atom stereocenters. The molecule has 0 heterocycles. The lowest BCUT2D eigenvalue weighted by Crippen LogP contribution is -2.32. The van der Waals surface area contributed by atoms with E-state index in [0.29, 0.717) is 29.3 Å². The van der Waals surface area contributed by atoms with Crippen LogP contribution in [0.3, 0.4) is 0 Å². The fourth-order valence-electron chi connectivity index (χ4n) is 3.59. The van der Waals surface area contributed by atoms with E-state index >= 15 is 0 Å². The van der Waals surface area contributed by atoms with Crippen molar-refractivity contribution in [2.45, 2.75) is 24.3 Å². The first kappa shape index (κ1) is 24.1. The molecule has 0 saturated carbocycles. The number of sulfonamides is 1. The number of benzene rings is 4. The molecule has 35 heavy (non-hydrogen) atoms. The van der Waals surface area contributed by atoms with Crippen molar-refractivity contribution >= 4 is 38.1 Å². The van der Waals surface area contributed by atoms with Gasteiger partial charge in [-0.15, -0.1) is 0 Å². The Morgan fingerprint density at radius 1 is 0.857 bits per heavy atom. The van der Waals surface area contributed by atoms with E-state index in [1.165, 1.54) is 19.2 Å². The first-order valence-corrected chi connectivity index (χ1v) is 12.6. The van der Waals surface area contributed by atoms with Crippen molar-refractivity contribution in [1.29, 1.82) is 0 Å². The summed E-state index contributed by atoms with van der Waals surface area (Å²) >= 11 is 0. The molecular weight excluding hydrogens is 464 g/mol. The van der Waals surface area contributed by atoms with Crippen molar-refractivity contribution in [3.8, 4) is 11.5 Å². The molecule has 2 N–H and O–H groups in total. The molecule has 8 heteroatoms. The standard InChI is InChI=1S/C27H26N2O5S/c1-3-25(34-26-10-6-8-19-7-4-5-9-24(19)26)27(30)28-20-13-17-23(18-14-20)35(31,32)29-21-11-15-22(33-2)16-12-21/h4-18,25,29H,3H2,1-2H3,(H,28,30)/t25-/m0/s1. The smallest absolute Gasteiger partial charge is 0.265 e. The molecule has 0 saturated heterocycles. The summed E-state index contributed by atoms with van der Waals surface area (Å²) in [5.41, 5.74) is 0.887. The minimum atomic E-state index is -3.79. The van der Waals surface area contributed by atoms with Crippen LogP contribution in [-0.2, 0) is 14.8 Å². The maximum atomic E-state index is 12.9. The van der Waals surface area contributed by atoms with Gasteiger partial charge in [-0.2, -0.15) is 0 Å². The van der Waals surface area contributed by atoms with E-state index in [-0.39, 0.29) is 10.8 Å². The quantitative estimate of drug-likeness (QED) is 0.326. The predicted octanol–water partition coefficient (Wildman–Crippen LogP) is 5.45. The summed E-state index contributed by atoms with van der Waals surface area (Å²) in [6, 6.07) is 26.1. The fraction of sp³-hybridized carbons (Fsp3) is 0.148. The van der Waals surface area contributed by atoms with Crippen molar-refractivity contribution in [3.63, 3.8) is 0 Å². The summed E-state index contributed by atoms with van der Waals surface area (Å²) in [6.45, 7) is 1.87. The second-order valence-corrected chi connectivity index (χ2v) is 9.52. The van der Waals surface area contributed by atoms with Gasteiger partial charge >= 0.3 is 0 Å². The molecule has 0 radical (unpaired) electrons. The maximum absolute atomic E-state index is 12.9. The molecule has 0 aliphatic rings. The molecular formula is C27H26N2O5S. The van der Waals surface area contributed by atoms with Gasteiger partial charge in [0.2, 0.25) is 0 Å². The van der Waals surface area contributed by atoms with Gasteiger partial charge in [-0.25, -0.2) is 8.42 Å². The minimum Gasteiger partial charge on any atom is -0.497 e. The largest absolute Gasteiger partial charge is 0.497 e. The summed E-state index contributed by atoms with van der Waals surface area (Å²) in [7, 11) is -2.25. The van der Waals surface area contributed by atoms with Crippen LogP contribution >= 0.6 is 0 Å². The highest BCUT2D eigenvalue weighted by Gasteiger charge is 2.20. The summed E-state index contributed by atoms with van der Waals surface area (Å²) in [5, 5.41) is 4.77. The van der Waals surface area contributed by atoms with Crippen molar-refractivity contribution in [3.05, 3.63) is 91.0 Å². The third-order valence-electron chi connectivity index (χ3n) is 5.46. The topological polar surface area (TPSA) is 93.7 Å². The third-order valence-corrected chi connectivity index (χ3v) is 6.85. The normalized spacial score (nSPS) is 12.1. The van der Waals surface area contributed by atoms with Gasteiger partial charge in [0.1, 0.15) is 11.5 Å². The maximum Gasteiger partial charge on any atom is 0.265 e. The predicted molar refractivity (Wildman–Crippen MR) is 138 cm³/mol. The molecule has 1 atom stereocenters. The molecule has 4 aromatic rings. The Morgan fingerprint density at radius 2 is 1.51 bits per heavy atom. The van der Waals surface area contributed by atoms with E-state index in [4.69, 9.17) is 9.47 Å². The highest BCUT2D eigenvalue weighted by Crippen LogP contribution is 2.27. The Hall–Kier alpha value is -4.04. The highest BCUT2D eigenvalue weighted by molar-refractivity contribution is 7.92. The van der Waals surface area contributed by atoms with Gasteiger partial charge in [0.05, 0.1) is 12.0 Å². The van der Waals surface area contributed by atoms with Crippen molar-refractivity contribution in [2.24, 2.45) is 0 Å². The average Bonchev–Trinajstić information content (AvgIpc) is 2.88. The molecule has 4 aromatic carbocycles.